The lowest BCUT2D eigenvalue weighted by atomic mass is 9.79. The quantitative estimate of drug-likeness (QED) is 0.163. The van der Waals surface area contributed by atoms with Crippen molar-refractivity contribution in [3.8, 4) is 0 Å². The predicted octanol–water partition coefficient (Wildman–Crippen LogP) is 6.55. The molecule has 0 saturated carbocycles. The lowest BCUT2D eigenvalue weighted by Crippen LogP contribution is -2.41. The van der Waals surface area contributed by atoms with Crippen molar-refractivity contribution in [1.82, 2.24) is 0 Å². The molecule has 0 N–H and O–H groups in total. The molecular formula is C34H44BBrF4N2O6. The van der Waals surface area contributed by atoms with Crippen LogP contribution >= 0.6 is 15.9 Å². The number of hydrogen-bond donors (Lipinski definition) is 0. The highest BCUT2D eigenvalue weighted by molar-refractivity contribution is 9.10. The highest BCUT2D eigenvalue weighted by Crippen LogP contribution is 2.37. The first-order valence-corrected chi connectivity index (χ1v) is 17.1. The number of rotatable bonds is 9. The highest BCUT2D eigenvalue weighted by atomic mass is 79.9. The summed E-state index contributed by atoms with van der Waals surface area (Å²) in [6.45, 7) is 13.7. The standard InChI is InChI=1S/C20H28BF2NO4.C14H16BrF2NO2/c1-6-26-17(25)9-13-7-8-24(12-13)18-15(22)10-14(11-16(18)23)21-27-19(2,3)20(4,5)28-21;1-2-20-13(19)5-9-3-4-18(8-9)14-11(16)6-10(15)7-12(14)17/h10-11,13H,6-9,12H2,1-5H3;6-7,9H,2-5,8H2,1H3. The maximum Gasteiger partial charge on any atom is 0.495 e. The molecule has 3 heterocycles. The number of halogens is 5. The van der Waals surface area contributed by atoms with Crippen LogP contribution in [0.5, 0.6) is 0 Å². The third kappa shape index (κ3) is 9.03. The summed E-state index contributed by atoms with van der Waals surface area (Å²) in [6, 6.07) is 5.05. The minimum absolute atomic E-state index is 0.0143. The summed E-state index contributed by atoms with van der Waals surface area (Å²) in [5.74, 6) is -2.90. The summed E-state index contributed by atoms with van der Waals surface area (Å²) >= 11 is 3.06. The van der Waals surface area contributed by atoms with Gasteiger partial charge in [-0.25, -0.2) is 17.6 Å². The molecule has 2 unspecified atom stereocenters. The molecule has 14 heteroatoms. The van der Waals surface area contributed by atoms with Crippen LogP contribution in [0.3, 0.4) is 0 Å². The predicted molar refractivity (Wildman–Crippen MR) is 179 cm³/mol. The van der Waals surface area contributed by atoms with Crippen molar-refractivity contribution in [2.75, 3.05) is 49.2 Å². The second kappa shape index (κ2) is 15.8. The Labute approximate surface area is 288 Å². The third-order valence-corrected chi connectivity index (χ3v) is 9.73. The molecule has 48 heavy (non-hydrogen) atoms. The Morgan fingerprint density at radius 1 is 0.771 bits per heavy atom. The third-order valence-electron chi connectivity index (χ3n) is 9.27. The fourth-order valence-electron chi connectivity index (χ4n) is 6.16. The maximum atomic E-state index is 14.8. The molecule has 2 aromatic rings. The van der Waals surface area contributed by atoms with Crippen molar-refractivity contribution in [3.63, 3.8) is 0 Å². The summed E-state index contributed by atoms with van der Waals surface area (Å²) in [7, 11) is -0.821. The molecule has 3 aliphatic heterocycles. The van der Waals surface area contributed by atoms with Crippen LogP contribution in [0.4, 0.5) is 28.9 Å². The molecule has 2 atom stereocenters. The number of nitrogens with zero attached hydrogens (tertiary/aromatic N) is 2. The highest BCUT2D eigenvalue weighted by Gasteiger charge is 2.52. The second-order valence-corrected chi connectivity index (χ2v) is 14.3. The van der Waals surface area contributed by atoms with Gasteiger partial charge in [-0.1, -0.05) is 15.9 Å². The SMILES string of the molecule is CCOC(=O)CC1CCN(c2c(F)cc(B3OC(C)(C)C(C)(C)O3)cc2F)C1.CCOC(=O)CC1CCN(c2c(F)cc(Br)cc2F)C1. The Morgan fingerprint density at radius 3 is 1.52 bits per heavy atom. The molecule has 3 saturated heterocycles. The van der Waals surface area contributed by atoms with E-state index in [0.29, 0.717) is 62.2 Å². The number of carbonyl (C=O) groups is 2. The van der Waals surface area contributed by atoms with E-state index in [2.05, 4.69) is 15.9 Å². The van der Waals surface area contributed by atoms with Crippen LogP contribution in [-0.4, -0.2) is 69.7 Å². The Balaban J connectivity index is 0.000000229. The molecule has 3 aliphatic rings. The fraction of sp³-hybridized carbons (Fsp3) is 0.588. The van der Waals surface area contributed by atoms with Crippen LogP contribution in [0.1, 0.15) is 67.2 Å². The zero-order valence-electron chi connectivity index (χ0n) is 28.3. The zero-order chi connectivity index (χ0) is 35.4. The van der Waals surface area contributed by atoms with Gasteiger partial charge in [0.15, 0.2) is 11.6 Å². The van der Waals surface area contributed by atoms with E-state index < -0.39 is 41.6 Å². The van der Waals surface area contributed by atoms with Gasteiger partial charge in [0.25, 0.3) is 0 Å². The van der Waals surface area contributed by atoms with E-state index in [1.165, 1.54) is 24.3 Å². The van der Waals surface area contributed by atoms with Crippen molar-refractivity contribution >= 4 is 51.8 Å². The number of carbonyl (C=O) groups excluding carboxylic acids is 2. The molecule has 8 nitrogen and oxygen atoms in total. The Kier molecular flexibility index (Phi) is 12.5. The van der Waals surface area contributed by atoms with Crippen LogP contribution in [-0.2, 0) is 28.4 Å². The molecular weight excluding hydrogens is 699 g/mol. The van der Waals surface area contributed by atoms with Gasteiger partial charge in [-0.15, -0.1) is 0 Å². The van der Waals surface area contributed by atoms with E-state index in [1.807, 2.05) is 27.7 Å². The van der Waals surface area contributed by atoms with Gasteiger partial charge >= 0.3 is 19.1 Å². The molecule has 0 radical (unpaired) electrons. The van der Waals surface area contributed by atoms with Crippen molar-refractivity contribution in [1.29, 1.82) is 0 Å². The van der Waals surface area contributed by atoms with E-state index >= 15 is 0 Å². The molecule has 5 rings (SSSR count). The Hall–Kier alpha value is -2.84. The summed E-state index contributed by atoms with van der Waals surface area (Å²) in [5.41, 5.74) is -0.928. The van der Waals surface area contributed by atoms with E-state index in [4.69, 9.17) is 18.8 Å². The van der Waals surface area contributed by atoms with Gasteiger partial charge in [0.1, 0.15) is 23.0 Å². The number of ether oxygens (including phenoxy) is 2. The van der Waals surface area contributed by atoms with Gasteiger partial charge < -0.3 is 28.6 Å². The van der Waals surface area contributed by atoms with Crippen LogP contribution in [0, 0.1) is 35.1 Å². The first kappa shape index (κ1) is 38.0. The van der Waals surface area contributed by atoms with Gasteiger partial charge in [0, 0.05) is 30.7 Å². The van der Waals surface area contributed by atoms with E-state index in [1.54, 1.807) is 23.6 Å². The molecule has 3 fully saturated rings. The van der Waals surface area contributed by atoms with Crippen molar-refractivity contribution < 1.29 is 45.9 Å². The smallest absolute Gasteiger partial charge is 0.466 e. The maximum absolute atomic E-state index is 14.8. The van der Waals surface area contributed by atoms with Crippen molar-refractivity contribution in [3.05, 3.63) is 52.0 Å². The number of hydrogen-bond acceptors (Lipinski definition) is 8. The van der Waals surface area contributed by atoms with Gasteiger partial charge in [-0.05, 0) is 95.9 Å². The lowest BCUT2D eigenvalue weighted by Gasteiger charge is -2.32. The van der Waals surface area contributed by atoms with Gasteiger partial charge in [-0.3, -0.25) is 9.59 Å². The van der Waals surface area contributed by atoms with E-state index in [-0.39, 0.29) is 41.6 Å². The van der Waals surface area contributed by atoms with Crippen LogP contribution < -0.4 is 15.3 Å². The van der Waals surface area contributed by atoms with Gasteiger partial charge in [-0.2, -0.15) is 0 Å². The summed E-state index contributed by atoms with van der Waals surface area (Å²) in [4.78, 5) is 26.4. The normalized spacial score (nSPS) is 21.3. The van der Waals surface area contributed by atoms with E-state index in [9.17, 15) is 27.2 Å². The van der Waals surface area contributed by atoms with Crippen LogP contribution in [0.15, 0.2) is 28.7 Å². The first-order chi connectivity index (χ1) is 22.5. The van der Waals surface area contributed by atoms with Crippen LogP contribution in [0.2, 0.25) is 0 Å². The lowest BCUT2D eigenvalue weighted by molar-refractivity contribution is -0.145. The topological polar surface area (TPSA) is 77.5 Å². The fourth-order valence-corrected chi connectivity index (χ4v) is 6.56. The average Bonchev–Trinajstić information content (AvgIpc) is 3.66. The second-order valence-electron chi connectivity index (χ2n) is 13.4. The monoisotopic (exact) mass is 742 g/mol. The van der Waals surface area contributed by atoms with Gasteiger partial charge in [0.2, 0.25) is 0 Å². The van der Waals surface area contributed by atoms with Crippen LogP contribution in [0.25, 0.3) is 0 Å². The number of esters is 2. The first-order valence-electron chi connectivity index (χ1n) is 16.3. The molecule has 0 aliphatic carbocycles. The Morgan fingerprint density at radius 2 is 1.15 bits per heavy atom. The minimum atomic E-state index is -0.821. The number of anilines is 2. The largest absolute Gasteiger partial charge is 0.495 e. The molecule has 0 bridgehead atoms. The molecule has 0 aromatic heterocycles. The molecule has 0 amide bonds. The summed E-state index contributed by atoms with van der Waals surface area (Å²) in [6.07, 6.45) is 1.98. The zero-order valence-corrected chi connectivity index (χ0v) is 29.9. The number of benzene rings is 2. The average molecular weight is 743 g/mol. The summed E-state index contributed by atoms with van der Waals surface area (Å²) < 4.78 is 79.4. The van der Waals surface area contributed by atoms with E-state index in [0.717, 1.165) is 6.42 Å². The van der Waals surface area contributed by atoms with Crippen molar-refractivity contribution in [2.45, 2.75) is 78.4 Å². The molecule has 2 aromatic carbocycles. The Bertz CT molecular complexity index is 1420. The molecule has 0 spiro atoms. The molecule has 264 valence electrons. The summed E-state index contributed by atoms with van der Waals surface area (Å²) in [5, 5.41) is 0. The minimum Gasteiger partial charge on any atom is -0.466 e. The van der Waals surface area contributed by atoms with Gasteiger partial charge in [0.05, 0.1) is 37.3 Å². The van der Waals surface area contributed by atoms with Crippen molar-refractivity contribution in [2.24, 2.45) is 11.8 Å².